The molecule has 0 saturated carbocycles. The van der Waals surface area contributed by atoms with Gasteiger partial charge < -0.3 is 5.11 Å². The van der Waals surface area contributed by atoms with Crippen molar-refractivity contribution in [1.82, 2.24) is 0 Å². The van der Waals surface area contributed by atoms with Gasteiger partial charge in [-0.05, 0) is 41.5 Å². The van der Waals surface area contributed by atoms with Crippen LogP contribution < -0.4 is 0 Å². The lowest BCUT2D eigenvalue weighted by molar-refractivity contribution is 0.0686. The maximum absolute atomic E-state index is 10.9. The maximum atomic E-state index is 10.9. The number of aliphatic hydroxyl groups is 1. The maximum Gasteiger partial charge on any atom is 0.0985 e. The SMILES string of the molecule is CCc1ccccc1C(O)C1(C#N)Cc2ccccc2C1. The molecule has 0 spiro atoms. The van der Waals surface area contributed by atoms with E-state index in [0.29, 0.717) is 12.8 Å². The van der Waals surface area contributed by atoms with Gasteiger partial charge in [0.05, 0.1) is 17.6 Å². The summed E-state index contributed by atoms with van der Waals surface area (Å²) in [6.07, 6.45) is 1.37. The Bertz CT molecular complexity index is 674. The number of aryl methyl sites for hydroxylation is 1. The van der Waals surface area contributed by atoms with Gasteiger partial charge in [-0.25, -0.2) is 0 Å². The van der Waals surface area contributed by atoms with Crippen LogP contribution in [0, 0.1) is 16.7 Å². The van der Waals surface area contributed by atoms with Gasteiger partial charge in [0.15, 0.2) is 0 Å². The van der Waals surface area contributed by atoms with Gasteiger partial charge in [0, 0.05) is 0 Å². The van der Waals surface area contributed by atoms with Crippen molar-refractivity contribution in [1.29, 1.82) is 5.26 Å². The Morgan fingerprint density at radius 1 is 1.10 bits per heavy atom. The highest BCUT2D eigenvalue weighted by atomic mass is 16.3. The summed E-state index contributed by atoms with van der Waals surface area (Å²) in [6.45, 7) is 2.08. The van der Waals surface area contributed by atoms with Crippen LogP contribution in [0.4, 0.5) is 0 Å². The average molecular weight is 277 g/mol. The minimum atomic E-state index is -0.744. The second-order valence-corrected chi connectivity index (χ2v) is 5.85. The van der Waals surface area contributed by atoms with Crippen LogP contribution in [-0.4, -0.2) is 5.11 Å². The molecular weight excluding hydrogens is 258 g/mol. The van der Waals surface area contributed by atoms with Crippen molar-refractivity contribution < 1.29 is 5.11 Å². The molecular formula is C19H19NO. The van der Waals surface area contributed by atoms with Gasteiger partial charge in [-0.1, -0.05) is 55.5 Å². The highest BCUT2D eigenvalue weighted by Crippen LogP contribution is 2.46. The Balaban J connectivity index is 2.01. The van der Waals surface area contributed by atoms with Crippen molar-refractivity contribution in [3.63, 3.8) is 0 Å². The molecule has 1 aliphatic rings. The lowest BCUT2D eigenvalue weighted by Gasteiger charge is -2.28. The number of fused-ring (bicyclic) bond motifs is 1. The first-order chi connectivity index (χ1) is 10.2. The normalized spacial score (nSPS) is 17.0. The Morgan fingerprint density at radius 2 is 1.67 bits per heavy atom. The zero-order valence-electron chi connectivity index (χ0n) is 12.2. The first kappa shape index (κ1) is 13.9. The molecule has 0 saturated heterocycles. The molecule has 2 aromatic rings. The summed E-state index contributed by atoms with van der Waals surface area (Å²) in [4.78, 5) is 0. The number of aliphatic hydroxyl groups excluding tert-OH is 1. The second kappa shape index (κ2) is 5.35. The van der Waals surface area contributed by atoms with E-state index in [1.807, 2.05) is 36.4 Å². The van der Waals surface area contributed by atoms with E-state index in [4.69, 9.17) is 0 Å². The van der Waals surface area contributed by atoms with Crippen molar-refractivity contribution in [2.45, 2.75) is 32.3 Å². The smallest absolute Gasteiger partial charge is 0.0985 e. The van der Waals surface area contributed by atoms with Gasteiger partial charge >= 0.3 is 0 Å². The summed E-state index contributed by atoms with van der Waals surface area (Å²) in [5.41, 5.74) is 3.65. The van der Waals surface area contributed by atoms with E-state index in [1.54, 1.807) is 0 Å². The van der Waals surface area contributed by atoms with Gasteiger partial charge in [0.25, 0.3) is 0 Å². The molecule has 1 N–H and O–H groups in total. The Hall–Kier alpha value is -2.11. The molecule has 0 amide bonds. The minimum Gasteiger partial charge on any atom is -0.387 e. The van der Waals surface area contributed by atoms with E-state index in [9.17, 15) is 10.4 Å². The topological polar surface area (TPSA) is 44.0 Å². The number of hydrogen-bond donors (Lipinski definition) is 1. The van der Waals surface area contributed by atoms with E-state index in [-0.39, 0.29) is 0 Å². The van der Waals surface area contributed by atoms with Gasteiger partial charge in [-0.15, -0.1) is 0 Å². The third kappa shape index (κ3) is 2.24. The van der Waals surface area contributed by atoms with Gasteiger partial charge in [0.1, 0.15) is 0 Å². The van der Waals surface area contributed by atoms with Crippen LogP contribution in [0.3, 0.4) is 0 Å². The Morgan fingerprint density at radius 3 is 2.24 bits per heavy atom. The van der Waals surface area contributed by atoms with Gasteiger partial charge in [-0.3, -0.25) is 0 Å². The third-order valence-corrected chi connectivity index (χ3v) is 4.61. The molecule has 0 radical (unpaired) electrons. The average Bonchev–Trinajstić information content (AvgIpc) is 2.94. The predicted molar refractivity (Wildman–Crippen MR) is 82.7 cm³/mol. The molecule has 1 unspecified atom stereocenters. The van der Waals surface area contributed by atoms with Crippen LogP contribution in [0.2, 0.25) is 0 Å². The largest absolute Gasteiger partial charge is 0.387 e. The number of nitriles is 1. The number of benzene rings is 2. The fraction of sp³-hybridized carbons (Fsp3) is 0.316. The molecule has 106 valence electrons. The van der Waals surface area contributed by atoms with E-state index in [0.717, 1.165) is 17.5 Å². The van der Waals surface area contributed by atoms with Crippen molar-refractivity contribution in [2.75, 3.05) is 0 Å². The summed E-state index contributed by atoms with van der Waals surface area (Å²) < 4.78 is 0. The third-order valence-electron chi connectivity index (χ3n) is 4.61. The van der Waals surface area contributed by atoms with Crippen LogP contribution in [0.5, 0.6) is 0 Å². The molecule has 0 aromatic heterocycles. The second-order valence-electron chi connectivity index (χ2n) is 5.85. The van der Waals surface area contributed by atoms with Crippen molar-refractivity contribution >= 4 is 0 Å². The molecule has 1 aliphatic carbocycles. The first-order valence-electron chi connectivity index (χ1n) is 7.44. The predicted octanol–water partition coefficient (Wildman–Crippen LogP) is 3.59. The Kier molecular flexibility index (Phi) is 3.53. The first-order valence-corrected chi connectivity index (χ1v) is 7.44. The summed E-state index contributed by atoms with van der Waals surface area (Å²) >= 11 is 0. The fourth-order valence-electron chi connectivity index (χ4n) is 3.40. The zero-order chi connectivity index (χ0) is 14.9. The minimum absolute atomic E-state index is 0.624. The molecule has 1 atom stereocenters. The van der Waals surface area contributed by atoms with Crippen LogP contribution in [-0.2, 0) is 19.3 Å². The summed E-state index contributed by atoms with van der Waals surface area (Å²) in [6, 6.07) is 18.4. The van der Waals surface area contributed by atoms with E-state index < -0.39 is 11.5 Å². The molecule has 3 rings (SSSR count). The molecule has 0 fully saturated rings. The molecule has 21 heavy (non-hydrogen) atoms. The van der Waals surface area contributed by atoms with Crippen LogP contribution >= 0.6 is 0 Å². The van der Waals surface area contributed by atoms with Crippen molar-refractivity contribution in [3.8, 4) is 6.07 Å². The highest BCUT2D eigenvalue weighted by Gasteiger charge is 2.44. The van der Waals surface area contributed by atoms with Crippen LogP contribution in [0.25, 0.3) is 0 Å². The Labute approximate surface area is 125 Å². The molecule has 2 aromatic carbocycles. The lowest BCUT2D eigenvalue weighted by Crippen LogP contribution is -2.29. The number of nitrogens with zero attached hydrogens (tertiary/aromatic N) is 1. The number of rotatable bonds is 3. The zero-order valence-corrected chi connectivity index (χ0v) is 12.2. The summed E-state index contributed by atoms with van der Waals surface area (Å²) in [7, 11) is 0. The van der Waals surface area contributed by atoms with E-state index >= 15 is 0 Å². The quantitative estimate of drug-likeness (QED) is 0.931. The summed E-state index contributed by atoms with van der Waals surface area (Å²) in [5, 5.41) is 20.7. The molecule has 0 bridgehead atoms. The van der Waals surface area contributed by atoms with Crippen molar-refractivity contribution in [3.05, 3.63) is 70.8 Å². The monoisotopic (exact) mass is 277 g/mol. The van der Waals surface area contributed by atoms with Gasteiger partial charge in [0.2, 0.25) is 0 Å². The molecule has 0 heterocycles. The van der Waals surface area contributed by atoms with E-state index in [2.05, 4.69) is 25.1 Å². The fourth-order valence-corrected chi connectivity index (χ4v) is 3.40. The molecule has 2 heteroatoms. The molecule has 0 aliphatic heterocycles. The highest BCUT2D eigenvalue weighted by molar-refractivity contribution is 5.41. The van der Waals surface area contributed by atoms with Crippen LogP contribution in [0.1, 0.15) is 35.3 Å². The van der Waals surface area contributed by atoms with Crippen LogP contribution in [0.15, 0.2) is 48.5 Å². The van der Waals surface area contributed by atoms with Gasteiger partial charge in [-0.2, -0.15) is 5.26 Å². The summed E-state index contributed by atoms with van der Waals surface area (Å²) in [5.74, 6) is 0. The standard InChI is InChI=1S/C19H19NO/c1-2-14-7-5-6-10-17(14)18(21)19(13-20)11-15-8-3-4-9-16(15)12-19/h3-10,18,21H,2,11-12H2,1H3. The molecule has 2 nitrogen and oxygen atoms in total. The van der Waals surface area contributed by atoms with E-state index in [1.165, 1.54) is 11.1 Å². The number of hydrogen-bond acceptors (Lipinski definition) is 2. The van der Waals surface area contributed by atoms with Crippen molar-refractivity contribution in [2.24, 2.45) is 5.41 Å². The lowest BCUT2D eigenvalue weighted by atomic mass is 9.76.